The predicted molar refractivity (Wildman–Crippen MR) is 119 cm³/mol. The lowest BCUT2D eigenvalue weighted by molar-refractivity contribution is -0.0503. The molecule has 0 spiro atoms. The van der Waals surface area contributed by atoms with E-state index < -0.39 is 6.61 Å². The number of guanidine groups is 1. The normalized spacial score (nSPS) is 15.1. The lowest BCUT2D eigenvalue weighted by atomic mass is 10.1. The molecular weight excluding hydrogens is 544 g/mol. The Hall–Kier alpha value is -1.27. The zero-order valence-corrected chi connectivity index (χ0v) is 19.5. The van der Waals surface area contributed by atoms with E-state index in [1.54, 1.807) is 11.8 Å². The molecule has 0 unspecified atom stereocenters. The van der Waals surface area contributed by atoms with Gasteiger partial charge in [-0.3, -0.25) is 0 Å². The molecular formula is C17H23Cl2F2IN4O3. The van der Waals surface area contributed by atoms with Crippen molar-refractivity contribution in [2.75, 3.05) is 19.7 Å². The minimum absolute atomic E-state index is 0. The zero-order valence-electron chi connectivity index (χ0n) is 15.7. The van der Waals surface area contributed by atoms with Crippen LogP contribution in [0, 0.1) is 0 Å². The number of hydrogen-bond acceptors (Lipinski definition) is 4. The lowest BCUT2D eigenvalue weighted by Gasteiger charge is -2.31. The lowest BCUT2D eigenvalue weighted by Crippen LogP contribution is -2.48. The number of piperidine rings is 1. The van der Waals surface area contributed by atoms with Crippen molar-refractivity contribution in [3.8, 4) is 5.75 Å². The molecule has 12 heteroatoms. The Morgan fingerprint density at radius 3 is 2.62 bits per heavy atom. The fraction of sp³-hybridized carbons (Fsp3) is 0.529. The highest BCUT2D eigenvalue weighted by Crippen LogP contribution is 2.34. The Labute approximate surface area is 194 Å². The topological polar surface area (TPSA) is 89.2 Å². The number of nitrogens with zero attached hydrogens (tertiary/aromatic N) is 2. The fourth-order valence-electron chi connectivity index (χ4n) is 2.80. The number of alkyl halides is 2. The number of rotatable bonds is 6. The molecule has 0 atom stereocenters. The van der Waals surface area contributed by atoms with Crippen molar-refractivity contribution in [2.24, 2.45) is 10.7 Å². The number of aliphatic imine (C=N–C) groups is 1. The van der Waals surface area contributed by atoms with E-state index >= 15 is 0 Å². The van der Waals surface area contributed by atoms with Gasteiger partial charge in [-0.2, -0.15) is 8.78 Å². The third-order valence-corrected chi connectivity index (χ3v) is 4.58. The van der Waals surface area contributed by atoms with Gasteiger partial charge >= 0.3 is 12.7 Å². The maximum Gasteiger partial charge on any atom is 0.409 e. The van der Waals surface area contributed by atoms with E-state index in [9.17, 15) is 13.6 Å². The van der Waals surface area contributed by atoms with Crippen molar-refractivity contribution in [1.29, 1.82) is 0 Å². The predicted octanol–water partition coefficient (Wildman–Crippen LogP) is 4.24. The average molecular weight is 567 g/mol. The van der Waals surface area contributed by atoms with Crippen LogP contribution in [0.15, 0.2) is 17.1 Å². The van der Waals surface area contributed by atoms with Crippen molar-refractivity contribution < 1.29 is 23.0 Å². The van der Waals surface area contributed by atoms with Crippen LogP contribution < -0.4 is 15.8 Å². The van der Waals surface area contributed by atoms with E-state index in [4.69, 9.17) is 33.7 Å². The number of carbonyl (C=O) groups excluding carboxylic acids is 1. The van der Waals surface area contributed by atoms with Gasteiger partial charge in [0.25, 0.3) is 0 Å². The summed E-state index contributed by atoms with van der Waals surface area (Å²) in [5.41, 5.74) is 6.19. The van der Waals surface area contributed by atoms with Crippen LogP contribution in [0.25, 0.3) is 0 Å². The van der Waals surface area contributed by atoms with Gasteiger partial charge in [0.1, 0.15) is 5.75 Å². The number of benzene rings is 1. The third kappa shape index (κ3) is 8.17. The Balaban J connectivity index is 0.00000420. The largest absolute Gasteiger partial charge is 0.450 e. The number of amides is 1. The highest BCUT2D eigenvalue weighted by atomic mass is 127. The summed E-state index contributed by atoms with van der Waals surface area (Å²) < 4.78 is 34.6. The Kier molecular flexibility index (Phi) is 11.0. The molecule has 2 rings (SSSR count). The van der Waals surface area contributed by atoms with Gasteiger partial charge in [0, 0.05) is 29.7 Å². The van der Waals surface area contributed by atoms with E-state index in [2.05, 4.69) is 15.0 Å². The average Bonchev–Trinajstić information content (AvgIpc) is 2.63. The van der Waals surface area contributed by atoms with Crippen molar-refractivity contribution in [1.82, 2.24) is 10.2 Å². The van der Waals surface area contributed by atoms with Gasteiger partial charge in [-0.1, -0.05) is 23.2 Å². The molecule has 0 radical (unpaired) electrons. The Morgan fingerprint density at radius 2 is 2.03 bits per heavy atom. The van der Waals surface area contributed by atoms with E-state index in [0.29, 0.717) is 38.1 Å². The van der Waals surface area contributed by atoms with E-state index in [1.807, 2.05) is 0 Å². The quantitative estimate of drug-likeness (QED) is 0.305. The summed E-state index contributed by atoms with van der Waals surface area (Å²) in [6.45, 7) is 0.111. The number of carbonyl (C=O) groups is 1. The van der Waals surface area contributed by atoms with Gasteiger partial charge < -0.3 is 25.4 Å². The standard InChI is InChI=1S/C17H22Cl2F2N4O3.HI/c1-2-27-17(26)25-5-3-12(4-6-25)24-16(22)23-9-10-7-11(18)8-13(19)14(10)28-15(20)21;/h7-8,12,15H,2-6,9H2,1H3,(H3,22,23,24);1H. The number of nitrogens with two attached hydrogens (primary N) is 1. The molecule has 1 aliphatic rings. The maximum atomic E-state index is 12.6. The summed E-state index contributed by atoms with van der Waals surface area (Å²) in [5.74, 6) is -0.0333. The summed E-state index contributed by atoms with van der Waals surface area (Å²) in [4.78, 5) is 17.5. The molecule has 1 aromatic carbocycles. The van der Waals surface area contributed by atoms with Crippen molar-refractivity contribution in [2.45, 2.75) is 39.0 Å². The summed E-state index contributed by atoms with van der Waals surface area (Å²) in [5, 5.41) is 3.31. The number of halogens is 5. The molecule has 1 aromatic rings. The number of ether oxygens (including phenoxy) is 2. The fourth-order valence-corrected chi connectivity index (χ4v) is 3.38. The van der Waals surface area contributed by atoms with E-state index in [1.165, 1.54) is 12.1 Å². The minimum Gasteiger partial charge on any atom is -0.450 e. The van der Waals surface area contributed by atoms with Gasteiger partial charge in [-0.05, 0) is 31.9 Å². The van der Waals surface area contributed by atoms with Crippen LogP contribution in [0.5, 0.6) is 5.75 Å². The second-order valence-electron chi connectivity index (χ2n) is 6.06. The van der Waals surface area contributed by atoms with Gasteiger partial charge in [-0.15, -0.1) is 24.0 Å². The number of hydrogen-bond donors (Lipinski definition) is 2. The number of nitrogens with one attached hydrogen (secondary N) is 1. The van der Waals surface area contributed by atoms with Gasteiger partial charge in [0.2, 0.25) is 0 Å². The SMILES string of the molecule is CCOC(=O)N1CCC(NC(N)=NCc2cc(Cl)cc(Cl)c2OC(F)F)CC1.I. The minimum atomic E-state index is -3.03. The monoisotopic (exact) mass is 566 g/mol. The summed E-state index contributed by atoms with van der Waals surface area (Å²) in [7, 11) is 0. The van der Waals surface area contributed by atoms with Crippen molar-refractivity contribution in [3.05, 3.63) is 27.7 Å². The molecule has 3 N–H and O–H groups in total. The molecule has 1 amide bonds. The molecule has 0 saturated carbocycles. The molecule has 1 aliphatic heterocycles. The van der Waals surface area contributed by atoms with E-state index in [-0.39, 0.29) is 64.4 Å². The van der Waals surface area contributed by atoms with Crippen LogP contribution in [-0.2, 0) is 11.3 Å². The van der Waals surface area contributed by atoms with Crippen LogP contribution in [0.3, 0.4) is 0 Å². The van der Waals surface area contributed by atoms with Crippen LogP contribution in [0.4, 0.5) is 13.6 Å². The molecule has 7 nitrogen and oxygen atoms in total. The Bertz CT molecular complexity index is 720. The first-order valence-electron chi connectivity index (χ1n) is 8.71. The van der Waals surface area contributed by atoms with Crippen LogP contribution in [-0.4, -0.2) is 49.3 Å². The highest BCUT2D eigenvalue weighted by Gasteiger charge is 2.23. The van der Waals surface area contributed by atoms with Crippen LogP contribution >= 0.6 is 47.2 Å². The summed E-state index contributed by atoms with van der Waals surface area (Å²) in [6, 6.07) is 2.79. The molecule has 29 heavy (non-hydrogen) atoms. The second kappa shape index (κ2) is 12.4. The second-order valence-corrected chi connectivity index (χ2v) is 6.90. The summed E-state index contributed by atoms with van der Waals surface area (Å²) in [6.07, 6.45) is 1.03. The first-order valence-corrected chi connectivity index (χ1v) is 9.46. The molecule has 0 bridgehead atoms. The molecule has 0 aliphatic carbocycles. The highest BCUT2D eigenvalue weighted by molar-refractivity contribution is 14.0. The van der Waals surface area contributed by atoms with Gasteiger partial charge in [0.15, 0.2) is 5.96 Å². The maximum absolute atomic E-state index is 12.6. The van der Waals surface area contributed by atoms with E-state index in [0.717, 1.165) is 0 Å². The third-order valence-electron chi connectivity index (χ3n) is 4.08. The van der Waals surface area contributed by atoms with Crippen LogP contribution in [0.2, 0.25) is 10.0 Å². The van der Waals surface area contributed by atoms with Gasteiger partial charge in [-0.25, -0.2) is 9.79 Å². The Morgan fingerprint density at radius 1 is 1.38 bits per heavy atom. The smallest absolute Gasteiger partial charge is 0.409 e. The van der Waals surface area contributed by atoms with Gasteiger partial charge in [0.05, 0.1) is 18.2 Å². The first-order chi connectivity index (χ1) is 13.3. The number of likely N-dealkylation sites (tertiary alicyclic amines) is 1. The molecule has 164 valence electrons. The first kappa shape index (κ1) is 25.8. The van der Waals surface area contributed by atoms with Crippen molar-refractivity contribution >= 4 is 59.2 Å². The van der Waals surface area contributed by atoms with Crippen molar-refractivity contribution in [3.63, 3.8) is 0 Å². The summed E-state index contributed by atoms with van der Waals surface area (Å²) >= 11 is 11.9. The zero-order chi connectivity index (χ0) is 20.7. The van der Waals surface area contributed by atoms with Crippen LogP contribution in [0.1, 0.15) is 25.3 Å². The molecule has 1 saturated heterocycles. The molecule has 1 heterocycles. The molecule has 1 fully saturated rings. The molecule has 0 aromatic heterocycles.